The van der Waals surface area contributed by atoms with Crippen LogP contribution in [0, 0.1) is 0 Å². The Morgan fingerprint density at radius 1 is 1.40 bits per heavy atom. The Hall–Kier alpha value is -1.83. The highest BCUT2D eigenvalue weighted by Gasteiger charge is 2.32. The summed E-state index contributed by atoms with van der Waals surface area (Å²) in [7, 11) is 0. The normalized spacial score (nSPS) is 19.6. The third-order valence-electron chi connectivity index (χ3n) is 2.96. The number of pyridine rings is 1. The molecular weight excluding hydrogens is 277 g/mol. The van der Waals surface area contributed by atoms with Crippen LogP contribution in [0.4, 0.5) is 18.9 Å². The first kappa shape index (κ1) is 14.6. The zero-order valence-corrected chi connectivity index (χ0v) is 10.4. The summed E-state index contributed by atoms with van der Waals surface area (Å²) in [6.07, 6.45) is -2.62. The smallest absolute Gasteiger partial charge is 0.368 e. The maximum Gasteiger partial charge on any atom is 0.417 e. The summed E-state index contributed by atoms with van der Waals surface area (Å²) in [5.41, 5.74) is -2.25. The van der Waals surface area contributed by atoms with Crippen molar-refractivity contribution in [3.8, 4) is 0 Å². The predicted molar refractivity (Wildman–Crippen MR) is 64.3 cm³/mol. The highest BCUT2D eigenvalue weighted by atomic mass is 19.4. The number of hydrogen-bond donors (Lipinski definition) is 2. The molecule has 1 fully saturated rings. The average Bonchev–Trinajstić information content (AvgIpc) is 2.41. The largest absolute Gasteiger partial charge is 0.417 e. The van der Waals surface area contributed by atoms with E-state index < -0.39 is 35.0 Å². The van der Waals surface area contributed by atoms with Crippen LogP contribution in [0.1, 0.15) is 24.8 Å². The van der Waals surface area contributed by atoms with Crippen LogP contribution < -0.4 is 10.9 Å². The quantitative estimate of drug-likeness (QED) is 0.874. The van der Waals surface area contributed by atoms with E-state index in [-0.39, 0.29) is 0 Å². The maximum absolute atomic E-state index is 12.5. The number of aromatic nitrogens is 1. The highest BCUT2D eigenvalue weighted by molar-refractivity contribution is 5.94. The van der Waals surface area contributed by atoms with Crippen molar-refractivity contribution in [2.24, 2.45) is 0 Å². The third-order valence-corrected chi connectivity index (χ3v) is 2.96. The van der Waals surface area contributed by atoms with E-state index in [1.54, 1.807) is 0 Å². The summed E-state index contributed by atoms with van der Waals surface area (Å²) < 4.78 is 42.8. The number of nitrogens with one attached hydrogen (secondary N) is 2. The lowest BCUT2D eigenvalue weighted by molar-refractivity contribution is -0.138. The van der Waals surface area contributed by atoms with Gasteiger partial charge in [-0.25, -0.2) is 0 Å². The van der Waals surface area contributed by atoms with E-state index in [0.717, 1.165) is 12.8 Å². The Bertz CT molecular complexity index is 548. The number of alkyl halides is 3. The van der Waals surface area contributed by atoms with Crippen LogP contribution in [-0.2, 0) is 15.7 Å². The van der Waals surface area contributed by atoms with Gasteiger partial charge in [0.2, 0.25) is 0 Å². The standard InChI is InChI=1S/C12H13F3N2O3/c13-12(14,15)7-5-8(10(18)16-6-7)17-11(19)9-3-1-2-4-20-9/h5-6,9H,1-4H2,(H,16,18)(H,17,19). The fraction of sp³-hybridized carbons (Fsp3) is 0.500. The van der Waals surface area contributed by atoms with Crippen molar-refractivity contribution >= 4 is 11.6 Å². The Labute approximate surface area is 112 Å². The lowest BCUT2D eigenvalue weighted by Gasteiger charge is -2.21. The average molecular weight is 290 g/mol. The molecule has 0 bridgehead atoms. The summed E-state index contributed by atoms with van der Waals surface area (Å²) >= 11 is 0. The lowest BCUT2D eigenvalue weighted by atomic mass is 10.1. The van der Waals surface area contributed by atoms with Crippen LogP contribution in [0.15, 0.2) is 17.1 Å². The van der Waals surface area contributed by atoms with Crippen molar-refractivity contribution in [2.75, 3.05) is 11.9 Å². The maximum atomic E-state index is 12.5. The molecule has 0 spiro atoms. The molecule has 8 heteroatoms. The first-order valence-corrected chi connectivity index (χ1v) is 6.10. The minimum Gasteiger partial charge on any atom is -0.368 e. The van der Waals surface area contributed by atoms with Crippen molar-refractivity contribution in [1.82, 2.24) is 4.98 Å². The van der Waals surface area contributed by atoms with Gasteiger partial charge in [0.15, 0.2) is 0 Å². The molecule has 20 heavy (non-hydrogen) atoms. The van der Waals surface area contributed by atoms with Crippen LogP contribution in [0.3, 0.4) is 0 Å². The summed E-state index contributed by atoms with van der Waals surface area (Å²) in [4.78, 5) is 25.2. The molecule has 5 nitrogen and oxygen atoms in total. The van der Waals surface area contributed by atoms with Crippen LogP contribution in [-0.4, -0.2) is 23.6 Å². The van der Waals surface area contributed by atoms with Gasteiger partial charge in [0, 0.05) is 12.8 Å². The van der Waals surface area contributed by atoms with Gasteiger partial charge in [-0.15, -0.1) is 0 Å². The van der Waals surface area contributed by atoms with Crippen molar-refractivity contribution in [2.45, 2.75) is 31.5 Å². The molecule has 1 amide bonds. The molecule has 1 aliphatic heterocycles. The van der Waals surface area contributed by atoms with Crippen molar-refractivity contribution in [3.05, 3.63) is 28.2 Å². The molecule has 2 N–H and O–H groups in total. The second-order valence-electron chi connectivity index (χ2n) is 4.47. The van der Waals surface area contributed by atoms with Crippen LogP contribution in [0.2, 0.25) is 0 Å². The van der Waals surface area contributed by atoms with Crippen LogP contribution in [0.25, 0.3) is 0 Å². The minimum absolute atomic E-state index is 0.428. The second-order valence-corrected chi connectivity index (χ2v) is 4.47. The van der Waals surface area contributed by atoms with Gasteiger partial charge in [0.1, 0.15) is 11.8 Å². The van der Waals surface area contributed by atoms with E-state index >= 15 is 0 Å². The number of carbonyl (C=O) groups is 1. The molecular formula is C12H13F3N2O3. The minimum atomic E-state index is -4.59. The van der Waals surface area contributed by atoms with Crippen LogP contribution >= 0.6 is 0 Å². The Balaban J connectivity index is 2.16. The van der Waals surface area contributed by atoms with Gasteiger partial charge in [-0.05, 0) is 25.3 Å². The fourth-order valence-electron chi connectivity index (χ4n) is 1.90. The van der Waals surface area contributed by atoms with Crippen molar-refractivity contribution in [1.29, 1.82) is 0 Å². The Morgan fingerprint density at radius 2 is 2.15 bits per heavy atom. The van der Waals surface area contributed by atoms with Crippen LogP contribution in [0.5, 0.6) is 0 Å². The van der Waals surface area contributed by atoms with E-state index in [4.69, 9.17) is 4.74 Å². The second kappa shape index (κ2) is 5.66. The number of carbonyl (C=O) groups excluding carboxylic acids is 1. The number of aromatic amines is 1. The molecule has 0 saturated carbocycles. The van der Waals surface area contributed by atoms with Gasteiger partial charge in [0.05, 0.1) is 5.56 Å². The SMILES string of the molecule is O=C(Nc1cc(C(F)(F)F)c[nH]c1=O)C1CCCCO1. The molecule has 1 aromatic heterocycles. The van der Waals surface area contributed by atoms with Gasteiger partial charge in [0.25, 0.3) is 11.5 Å². The first-order chi connectivity index (χ1) is 9.38. The Morgan fingerprint density at radius 3 is 2.75 bits per heavy atom. The zero-order chi connectivity index (χ0) is 14.8. The fourth-order valence-corrected chi connectivity index (χ4v) is 1.90. The molecule has 110 valence electrons. The van der Waals surface area contributed by atoms with E-state index in [9.17, 15) is 22.8 Å². The van der Waals surface area contributed by atoms with Gasteiger partial charge >= 0.3 is 6.18 Å². The Kier molecular flexibility index (Phi) is 4.12. The molecule has 0 aromatic carbocycles. The molecule has 1 aromatic rings. The predicted octanol–water partition coefficient (Wildman–Crippen LogP) is 1.90. The zero-order valence-electron chi connectivity index (χ0n) is 10.4. The van der Waals surface area contributed by atoms with E-state index in [1.807, 2.05) is 4.98 Å². The van der Waals surface area contributed by atoms with E-state index in [0.29, 0.717) is 25.3 Å². The molecule has 1 aliphatic rings. The molecule has 2 heterocycles. The first-order valence-electron chi connectivity index (χ1n) is 6.10. The summed E-state index contributed by atoms with van der Waals surface area (Å²) in [5.74, 6) is -0.602. The monoisotopic (exact) mass is 290 g/mol. The lowest BCUT2D eigenvalue weighted by Crippen LogP contribution is -2.34. The summed E-state index contributed by atoms with van der Waals surface area (Å²) in [6, 6.07) is 0.611. The number of amides is 1. The van der Waals surface area contributed by atoms with E-state index in [2.05, 4.69) is 5.32 Å². The summed E-state index contributed by atoms with van der Waals surface area (Å²) in [5, 5.41) is 2.18. The number of halogens is 3. The molecule has 0 aliphatic carbocycles. The number of ether oxygens (including phenoxy) is 1. The molecule has 1 atom stereocenters. The van der Waals surface area contributed by atoms with Crippen molar-refractivity contribution < 1.29 is 22.7 Å². The molecule has 1 unspecified atom stereocenters. The van der Waals surface area contributed by atoms with Gasteiger partial charge in [-0.1, -0.05) is 0 Å². The topological polar surface area (TPSA) is 71.2 Å². The van der Waals surface area contributed by atoms with Crippen molar-refractivity contribution in [3.63, 3.8) is 0 Å². The van der Waals surface area contributed by atoms with Gasteiger partial charge in [-0.3, -0.25) is 9.59 Å². The summed E-state index contributed by atoms with van der Waals surface area (Å²) in [6.45, 7) is 0.428. The molecule has 1 saturated heterocycles. The van der Waals surface area contributed by atoms with E-state index in [1.165, 1.54) is 0 Å². The van der Waals surface area contributed by atoms with Gasteiger partial charge in [-0.2, -0.15) is 13.2 Å². The molecule has 0 radical (unpaired) electrons. The number of hydrogen-bond acceptors (Lipinski definition) is 3. The third kappa shape index (κ3) is 3.38. The highest BCUT2D eigenvalue weighted by Crippen LogP contribution is 2.29. The number of rotatable bonds is 2. The number of anilines is 1. The number of H-pyrrole nitrogens is 1. The molecule has 2 rings (SSSR count). The van der Waals surface area contributed by atoms with Gasteiger partial charge < -0.3 is 15.0 Å².